The third kappa shape index (κ3) is 3.89. The van der Waals surface area contributed by atoms with E-state index in [0.29, 0.717) is 24.8 Å². The summed E-state index contributed by atoms with van der Waals surface area (Å²) in [5.74, 6) is -0.717. The quantitative estimate of drug-likeness (QED) is 0.594. The molecule has 168 valence electrons. The fourth-order valence-corrected chi connectivity index (χ4v) is 5.16. The zero-order valence-electron chi connectivity index (χ0n) is 17.4. The van der Waals surface area contributed by atoms with Crippen LogP contribution in [0.2, 0.25) is 5.02 Å². The summed E-state index contributed by atoms with van der Waals surface area (Å²) in [4.78, 5) is 25.3. The predicted octanol–water partition coefficient (Wildman–Crippen LogP) is 2.79. The number of rotatable bonds is 7. The molecule has 2 bridgehead atoms. The number of carbonyl (C=O) groups is 2. The number of nitrogens with zero attached hydrogens (tertiary/aromatic N) is 1. The van der Waals surface area contributed by atoms with Crippen molar-refractivity contribution in [2.75, 3.05) is 24.7 Å². The summed E-state index contributed by atoms with van der Waals surface area (Å²) in [6, 6.07) is 11.6. The Kier molecular flexibility index (Phi) is 5.22. The number of halogens is 2. The van der Waals surface area contributed by atoms with Gasteiger partial charge in [0.15, 0.2) is 6.61 Å². The van der Waals surface area contributed by atoms with Gasteiger partial charge in [0.05, 0.1) is 16.3 Å². The van der Waals surface area contributed by atoms with Gasteiger partial charge in [-0.1, -0.05) is 23.7 Å². The van der Waals surface area contributed by atoms with Crippen molar-refractivity contribution in [1.82, 2.24) is 16.1 Å². The van der Waals surface area contributed by atoms with E-state index in [2.05, 4.69) is 16.1 Å². The van der Waals surface area contributed by atoms with Gasteiger partial charge in [-0.15, -0.1) is 0 Å². The maximum Gasteiger partial charge on any atom is 0.258 e. The molecule has 1 heterocycles. The first-order valence-electron chi connectivity index (χ1n) is 10.7. The highest BCUT2D eigenvalue weighted by Crippen LogP contribution is 2.60. The Morgan fingerprint density at radius 2 is 1.88 bits per heavy atom. The topological polar surface area (TPSA) is 82.7 Å². The number of carbonyl (C=O) groups excluding carboxylic acids is 2. The van der Waals surface area contributed by atoms with Gasteiger partial charge >= 0.3 is 0 Å². The Labute approximate surface area is 190 Å². The molecule has 3 aliphatic carbocycles. The van der Waals surface area contributed by atoms with Gasteiger partial charge in [-0.2, -0.15) is 0 Å². The molecule has 3 saturated carbocycles. The number of para-hydroxylation sites is 1. The second-order valence-electron chi connectivity index (χ2n) is 8.89. The third-order valence-electron chi connectivity index (χ3n) is 6.38. The standard InChI is InChI=1S/C23H24ClFN4O3/c24-17-7-6-15(10-18(17)25)32-11-20(30)27-22-12-23(13-22,14-22)28-21(31)16-4-1-2-5-19(16)29-9-3-8-26-29/h1-2,4-7,10,26H,3,8-9,11-14H2,(H,27,30)(H,28,31). The summed E-state index contributed by atoms with van der Waals surface area (Å²) in [5, 5.41) is 8.19. The molecule has 0 atom stereocenters. The molecular weight excluding hydrogens is 435 g/mol. The number of hydrazine groups is 1. The minimum atomic E-state index is -0.594. The molecule has 6 rings (SSSR count). The zero-order valence-corrected chi connectivity index (χ0v) is 18.2. The van der Waals surface area contributed by atoms with Crippen LogP contribution in [0.5, 0.6) is 5.75 Å². The summed E-state index contributed by atoms with van der Waals surface area (Å²) in [5.41, 5.74) is 4.26. The van der Waals surface area contributed by atoms with Crippen molar-refractivity contribution < 1.29 is 18.7 Å². The van der Waals surface area contributed by atoms with Crippen LogP contribution >= 0.6 is 11.6 Å². The van der Waals surface area contributed by atoms with Crippen LogP contribution in [-0.2, 0) is 4.79 Å². The fourth-order valence-electron chi connectivity index (χ4n) is 5.05. The van der Waals surface area contributed by atoms with Gasteiger partial charge in [0.1, 0.15) is 11.6 Å². The molecule has 1 saturated heterocycles. The van der Waals surface area contributed by atoms with Crippen LogP contribution < -0.4 is 25.8 Å². The average Bonchev–Trinajstić information content (AvgIpc) is 3.27. The lowest BCUT2D eigenvalue weighted by molar-refractivity contribution is -0.141. The minimum Gasteiger partial charge on any atom is -0.484 e. The van der Waals surface area contributed by atoms with E-state index in [0.717, 1.165) is 31.3 Å². The molecule has 2 aromatic rings. The average molecular weight is 459 g/mol. The van der Waals surface area contributed by atoms with Crippen molar-refractivity contribution in [3.05, 3.63) is 58.9 Å². The molecule has 2 aromatic carbocycles. The third-order valence-corrected chi connectivity index (χ3v) is 6.68. The monoisotopic (exact) mass is 458 g/mol. The highest BCUT2D eigenvalue weighted by Gasteiger charge is 2.69. The lowest BCUT2D eigenvalue weighted by Gasteiger charge is -2.70. The molecule has 7 nitrogen and oxygen atoms in total. The summed E-state index contributed by atoms with van der Waals surface area (Å²) >= 11 is 5.65. The maximum atomic E-state index is 13.5. The second-order valence-corrected chi connectivity index (χ2v) is 9.30. The maximum absolute atomic E-state index is 13.5. The Bertz CT molecular complexity index is 1050. The SMILES string of the molecule is O=C(COc1ccc(Cl)c(F)c1)NC12CC(NC(=O)c3ccccc3N3CCCN3)(C1)C2. The van der Waals surface area contributed by atoms with Gasteiger partial charge in [0.2, 0.25) is 0 Å². The first-order chi connectivity index (χ1) is 15.4. The van der Waals surface area contributed by atoms with E-state index in [9.17, 15) is 14.0 Å². The van der Waals surface area contributed by atoms with Crippen molar-refractivity contribution in [3.63, 3.8) is 0 Å². The molecular formula is C23H24ClFN4O3. The first kappa shape index (κ1) is 21.0. The van der Waals surface area contributed by atoms with Gasteiger partial charge in [-0.05, 0) is 49.9 Å². The van der Waals surface area contributed by atoms with E-state index in [1.54, 1.807) is 0 Å². The van der Waals surface area contributed by atoms with E-state index in [1.807, 2.05) is 29.3 Å². The van der Waals surface area contributed by atoms with Crippen LogP contribution in [0.4, 0.5) is 10.1 Å². The number of nitrogens with one attached hydrogen (secondary N) is 3. The van der Waals surface area contributed by atoms with Crippen LogP contribution in [0.1, 0.15) is 36.0 Å². The second kappa shape index (κ2) is 7.94. The molecule has 3 N–H and O–H groups in total. The molecule has 0 unspecified atom stereocenters. The van der Waals surface area contributed by atoms with E-state index in [-0.39, 0.29) is 40.3 Å². The lowest BCUT2D eigenvalue weighted by Crippen LogP contribution is -2.84. The smallest absolute Gasteiger partial charge is 0.258 e. The van der Waals surface area contributed by atoms with Crippen LogP contribution in [-0.4, -0.2) is 42.6 Å². The summed E-state index contributed by atoms with van der Waals surface area (Å²) < 4.78 is 18.8. The zero-order chi connectivity index (χ0) is 22.3. The number of hydrogen-bond donors (Lipinski definition) is 3. The van der Waals surface area contributed by atoms with Crippen LogP contribution in [0.25, 0.3) is 0 Å². The summed E-state index contributed by atoms with van der Waals surface area (Å²) in [6.07, 6.45) is 3.12. The van der Waals surface area contributed by atoms with E-state index >= 15 is 0 Å². The molecule has 2 amide bonds. The Balaban J connectivity index is 1.12. The molecule has 1 aliphatic heterocycles. The molecule has 9 heteroatoms. The molecule has 0 radical (unpaired) electrons. The van der Waals surface area contributed by atoms with Crippen molar-refractivity contribution in [2.24, 2.45) is 0 Å². The fraction of sp³-hybridized carbons (Fsp3) is 0.391. The van der Waals surface area contributed by atoms with Crippen molar-refractivity contribution in [2.45, 2.75) is 36.8 Å². The van der Waals surface area contributed by atoms with Gasteiger partial charge in [0, 0.05) is 30.2 Å². The lowest BCUT2D eigenvalue weighted by atomic mass is 9.44. The number of hydrogen-bond acceptors (Lipinski definition) is 5. The van der Waals surface area contributed by atoms with Gasteiger partial charge in [0.25, 0.3) is 11.8 Å². The van der Waals surface area contributed by atoms with Crippen LogP contribution in [0.3, 0.4) is 0 Å². The van der Waals surface area contributed by atoms with E-state index in [1.165, 1.54) is 12.1 Å². The predicted molar refractivity (Wildman–Crippen MR) is 118 cm³/mol. The first-order valence-corrected chi connectivity index (χ1v) is 11.1. The molecule has 4 aliphatic rings. The number of ether oxygens (including phenoxy) is 1. The van der Waals surface area contributed by atoms with Crippen molar-refractivity contribution in [3.8, 4) is 5.75 Å². The molecule has 32 heavy (non-hydrogen) atoms. The number of amides is 2. The minimum absolute atomic E-state index is 0.00216. The number of benzene rings is 2. The van der Waals surface area contributed by atoms with Crippen LogP contribution in [0, 0.1) is 5.82 Å². The summed E-state index contributed by atoms with van der Waals surface area (Å²) in [7, 11) is 0. The Morgan fingerprint density at radius 1 is 1.12 bits per heavy atom. The number of anilines is 1. The normalized spacial score (nSPS) is 25.5. The molecule has 0 aromatic heterocycles. The van der Waals surface area contributed by atoms with E-state index < -0.39 is 5.82 Å². The highest BCUT2D eigenvalue weighted by atomic mass is 35.5. The van der Waals surface area contributed by atoms with Gasteiger partial charge in [-0.3, -0.25) is 9.59 Å². The molecule has 0 spiro atoms. The Morgan fingerprint density at radius 3 is 2.59 bits per heavy atom. The van der Waals surface area contributed by atoms with E-state index in [4.69, 9.17) is 16.3 Å². The van der Waals surface area contributed by atoms with Crippen molar-refractivity contribution in [1.29, 1.82) is 0 Å². The highest BCUT2D eigenvalue weighted by molar-refractivity contribution is 6.30. The van der Waals surface area contributed by atoms with Crippen molar-refractivity contribution >= 4 is 29.1 Å². The van der Waals surface area contributed by atoms with Gasteiger partial charge < -0.3 is 20.4 Å². The molecule has 4 fully saturated rings. The van der Waals surface area contributed by atoms with Crippen LogP contribution in [0.15, 0.2) is 42.5 Å². The Hall–Kier alpha value is -2.84. The largest absolute Gasteiger partial charge is 0.484 e. The van der Waals surface area contributed by atoms with Gasteiger partial charge in [-0.25, -0.2) is 9.82 Å². The summed E-state index contributed by atoms with van der Waals surface area (Å²) in [6.45, 7) is 1.56.